The maximum absolute atomic E-state index is 4.73. The van der Waals surface area contributed by atoms with E-state index in [9.17, 15) is 0 Å². The van der Waals surface area contributed by atoms with Gasteiger partial charge in [0.05, 0.1) is 11.9 Å². The number of rotatable bonds is 5. The number of hydrogen-bond donors (Lipinski definition) is 1. The molecule has 3 heterocycles. The summed E-state index contributed by atoms with van der Waals surface area (Å²) < 4.78 is 1.85. The quantitative estimate of drug-likeness (QED) is 0.563. The predicted octanol–water partition coefficient (Wildman–Crippen LogP) is 4.54. The second-order valence-corrected chi connectivity index (χ2v) is 7.15. The van der Waals surface area contributed by atoms with E-state index in [1.54, 1.807) is 6.20 Å². The van der Waals surface area contributed by atoms with E-state index in [-0.39, 0.29) is 0 Å². The first-order chi connectivity index (χ1) is 13.8. The fraction of sp³-hybridized carbons (Fsp3) is 0.174. The molecule has 0 fully saturated rings. The Morgan fingerprint density at radius 2 is 2.04 bits per heavy atom. The van der Waals surface area contributed by atoms with Gasteiger partial charge in [0.2, 0.25) is 0 Å². The maximum atomic E-state index is 4.73. The molecule has 5 heteroatoms. The zero-order chi connectivity index (χ0) is 18.9. The minimum atomic E-state index is 0.826. The number of anilines is 1. The molecule has 1 N–H and O–H groups in total. The first kappa shape index (κ1) is 16.7. The van der Waals surface area contributed by atoms with Crippen LogP contribution in [0.15, 0.2) is 67.1 Å². The lowest BCUT2D eigenvalue weighted by atomic mass is 10.0. The van der Waals surface area contributed by atoms with E-state index >= 15 is 0 Å². The third-order valence-electron chi connectivity index (χ3n) is 5.16. The number of nitrogens with one attached hydrogen (secondary N) is 1. The van der Waals surface area contributed by atoms with E-state index < -0.39 is 0 Å². The Hall–Kier alpha value is -3.47. The normalized spacial score (nSPS) is 12.8. The summed E-state index contributed by atoms with van der Waals surface area (Å²) in [6.07, 6.45) is 9.84. The minimum Gasteiger partial charge on any atom is -0.370 e. The molecule has 0 amide bonds. The van der Waals surface area contributed by atoms with Crippen LogP contribution in [0.2, 0.25) is 0 Å². The van der Waals surface area contributed by atoms with Crippen molar-refractivity contribution in [1.29, 1.82) is 0 Å². The molecule has 0 aliphatic heterocycles. The topological polar surface area (TPSA) is 55.1 Å². The van der Waals surface area contributed by atoms with Gasteiger partial charge in [0.1, 0.15) is 5.82 Å². The molecule has 5 rings (SSSR count). The van der Waals surface area contributed by atoms with Gasteiger partial charge in [-0.05, 0) is 48.1 Å². The van der Waals surface area contributed by atoms with E-state index in [0.717, 1.165) is 47.7 Å². The standard InChI is InChI=1S/C23H21N5/c1-16-12-19(15-24-14-16)21-13-23(28-22(27-21)9-11-26-28)25-10-8-18-7-6-17-4-2-3-5-20(17)18/h2-5,7,9,11-15,25H,6,8,10H2,1H3. The molecule has 1 aliphatic rings. The molecular weight excluding hydrogens is 346 g/mol. The summed E-state index contributed by atoms with van der Waals surface area (Å²) in [5.41, 5.74) is 8.08. The van der Waals surface area contributed by atoms with Crippen LogP contribution >= 0.6 is 0 Å². The molecule has 4 aromatic rings. The van der Waals surface area contributed by atoms with E-state index in [2.05, 4.69) is 51.8 Å². The Balaban J connectivity index is 1.39. The van der Waals surface area contributed by atoms with Gasteiger partial charge in [-0.15, -0.1) is 0 Å². The smallest absolute Gasteiger partial charge is 0.157 e. The molecule has 3 aromatic heterocycles. The van der Waals surface area contributed by atoms with Crippen LogP contribution in [0, 0.1) is 6.92 Å². The first-order valence-electron chi connectivity index (χ1n) is 9.56. The fourth-order valence-electron chi connectivity index (χ4n) is 3.80. The van der Waals surface area contributed by atoms with Crippen LogP contribution in [0.5, 0.6) is 0 Å². The number of benzene rings is 1. The Kier molecular flexibility index (Phi) is 4.13. The zero-order valence-electron chi connectivity index (χ0n) is 15.8. The average Bonchev–Trinajstić information content (AvgIpc) is 3.35. The Bertz CT molecular complexity index is 1190. The van der Waals surface area contributed by atoms with Crippen molar-refractivity contribution < 1.29 is 0 Å². The molecule has 0 spiro atoms. The maximum Gasteiger partial charge on any atom is 0.157 e. The van der Waals surface area contributed by atoms with Gasteiger partial charge >= 0.3 is 0 Å². The van der Waals surface area contributed by atoms with Crippen LogP contribution < -0.4 is 5.32 Å². The van der Waals surface area contributed by atoms with Crippen molar-refractivity contribution >= 4 is 17.0 Å². The van der Waals surface area contributed by atoms with Crippen molar-refractivity contribution in [1.82, 2.24) is 19.6 Å². The molecule has 0 saturated heterocycles. The van der Waals surface area contributed by atoms with Gasteiger partial charge in [-0.25, -0.2) is 4.98 Å². The Morgan fingerprint density at radius 1 is 1.11 bits per heavy atom. The van der Waals surface area contributed by atoms with E-state index in [1.165, 1.54) is 16.7 Å². The van der Waals surface area contributed by atoms with Crippen LogP contribution in [0.25, 0.3) is 22.5 Å². The molecule has 0 unspecified atom stereocenters. The van der Waals surface area contributed by atoms with Crippen LogP contribution in [0.4, 0.5) is 5.82 Å². The highest BCUT2D eigenvalue weighted by Crippen LogP contribution is 2.29. The molecule has 0 radical (unpaired) electrons. The third-order valence-corrected chi connectivity index (χ3v) is 5.16. The molecule has 138 valence electrons. The Morgan fingerprint density at radius 3 is 2.96 bits per heavy atom. The van der Waals surface area contributed by atoms with E-state index in [1.807, 2.05) is 36.0 Å². The predicted molar refractivity (Wildman–Crippen MR) is 112 cm³/mol. The molecule has 0 bridgehead atoms. The number of aryl methyl sites for hydroxylation is 1. The molecule has 0 saturated carbocycles. The molecule has 5 nitrogen and oxygen atoms in total. The number of allylic oxidation sites excluding steroid dienone is 1. The van der Waals surface area contributed by atoms with Gasteiger partial charge < -0.3 is 5.32 Å². The van der Waals surface area contributed by atoms with Gasteiger partial charge in [0, 0.05) is 36.6 Å². The van der Waals surface area contributed by atoms with Gasteiger partial charge in [0.25, 0.3) is 0 Å². The fourth-order valence-corrected chi connectivity index (χ4v) is 3.80. The highest BCUT2D eigenvalue weighted by atomic mass is 15.3. The van der Waals surface area contributed by atoms with Crippen LogP contribution in [-0.2, 0) is 6.42 Å². The summed E-state index contributed by atoms with van der Waals surface area (Å²) in [4.78, 5) is 9.04. The van der Waals surface area contributed by atoms with Crippen molar-refractivity contribution in [3.05, 3.63) is 83.8 Å². The summed E-state index contributed by atoms with van der Waals surface area (Å²) in [5, 5.41) is 7.97. The number of aromatic nitrogens is 4. The van der Waals surface area contributed by atoms with E-state index in [4.69, 9.17) is 4.98 Å². The van der Waals surface area contributed by atoms with Crippen LogP contribution in [-0.4, -0.2) is 26.1 Å². The number of nitrogens with zero attached hydrogens (tertiary/aromatic N) is 4. The molecule has 1 aromatic carbocycles. The van der Waals surface area contributed by atoms with Crippen molar-refractivity contribution in [2.75, 3.05) is 11.9 Å². The Labute approximate surface area is 163 Å². The monoisotopic (exact) mass is 367 g/mol. The highest BCUT2D eigenvalue weighted by molar-refractivity contribution is 5.73. The largest absolute Gasteiger partial charge is 0.370 e. The van der Waals surface area contributed by atoms with Gasteiger partial charge in [0.15, 0.2) is 5.65 Å². The van der Waals surface area contributed by atoms with Gasteiger partial charge in [-0.3, -0.25) is 4.98 Å². The lowest BCUT2D eigenvalue weighted by molar-refractivity contribution is 0.923. The second-order valence-electron chi connectivity index (χ2n) is 7.15. The average molecular weight is 367 g/mol. The van der Waals surface area contributed by atoms with Crippen molar-refractivity contribution in [3.8, 4) is 11.3 Å². The number of hydrogen-bond acceptors (Lipinski definition) is 4. The summed E-state index contributed by atoms with van der Waals surface area (Å²) in [6.45, 7) is 2.88. The first-order valence-corrected chi connectivity index (χ1v) is 9.56. The minimum absolute atomic E-state index is 0.826. The van der Waals surface area contributed by atoms with Crippen LogP contribution in [0.1, 0.15) is 23.1 Å². The van der Waals surface area contributed by atoms with Crippen LogP contribution in [0.3, 0.4) is 0 Å². The highest BCUT2D eigenvalue weighted by Gasteiger charge is 2.13. The third kappa shape index (κ3) is 3.05. The molecular formula is C23H21N5. The SMILES string of the molecule is Cc1cncc(-c2cc(NCCC3=CCc4ccccc43)n3nccc3n2)c1. The molecule has 1 aliphatic carbocycles. The lowest BCUT2D eigenvalue weighted by Crippen LogP contribution is -2.08. The number of pyridine rings is 1. The number of fused-ring (bicyclic) bond motifs is 2. The summed E-state index contributed by atoms with van der Waals surface area (Å²) >= 11 is 0. The van der Waals surface area contributed by atoms with Crippen molar-refractivity contribution in [3.63, 3.8) is 0 Å². The zero-order valence-corrected chi connectivity index (χ0v) is 15.8. The van der Waals surface area contributed by atoms with Crippen molar-refractivity contribution in [2.45, 2.75) is 19.8 Å². The van der Waals surface area contributed by atoms with Gasteiger partial charge in [-0.2, -0.15) is 9.61 Å². The summed E-state index contributed by atoms with van der Waals surface area (Å²) in [7, 11) is 0. The van der Waals surface area contributed by atoms with E-state index in [0.29, 0.717) is 0 Å². The van der Waals surface area contributed by atoms with Gasteiger partial charge in [-0.1, -0.05) is 30.3 Å². The summed E-state index contributed by atoms with van der Waals surface area (Å²) in [5.74, 6) is 0.943. The second kappa shape index (κ2) is 6.93. The molecule has 0 atom stereocenters. The lowest BCUT2D eigenvalue weighted by Gasteiger charge is -2.12. The van der Waals surface area contributed by atoms with Crippen molar-refractivity contribution in [2.24, 2.45) is 0 Å². The summed E-state index contributed by atoms with van der Waals surface area (Å²) in [6, 6.07) is 14.7. The molecule has 28 heavy (non-hydrogen) atoms.